The first kappa shape index (κ1) is 10.5. The summed E-state index contributed by atoms with van der Waals surface area (Å²) in [5.41, 5.74) is 1.88. The van der Waals surface area contributed by atoms with E-state index in [1.54, 1.807) is 5.57 Å². The molecule has 0 aliphatic heterocycles. The average Bonchev–Trinajstić information content (AvgIpc) is 2.67. The van der Waals surface area contributed by atoms with E-state index in [2.05, 4.69) is 49.5 Å². The molecule has 80 valence electrons. The molecular formula is C15H20. The van der Waals surface area contributed by atoms with E-state index in [0.29, 0.717) is 0 Å². The number of hydrogen-bond donors (Lipinski definition) is 0. The monoisotopic (exact) mass is 200 g/mol. The predicted octanol–water partition coefficient (Wildman–Crippen LogP) is 4.57. The summed E-state index contributed by atoms with van der Waals surface area (Å²) in [6, 6.07) is 0. The van der Waals surface area contributed by atoms with Gasteiger partial charge in [-0.2, -0.15) is 0 Å². The molecule has 0 spiro atoms. The highest BCUT2D eigenvalue weighted by molar-refractivity contribution is 5.37. The Balaban J connectivity index is 2.20. The molecule has 0 amide bonds. The summed E-state index contributed by atoms with van der Waals surface area (Å²) in [5, 5.41) is 0. The van der Waals surface area contributed by atoms with Crippen LogP contribution < -0.4 is 0 Å². The van der Waals surface area contributed by atoms with E-state index in [1.165, 1.54) is 32.1 Å². The van der Waals surface area contributed by atoms with Gasteiger partial charge in [-0.3, -0.25) is 0 Å². The Morgan fingerprint density at radius 1 is 1.07 bits per heavy atom. The van der Waals surface area contributed by atoms with Gasteiger partial charge in [0.25, 0.3) is 0 Å². The standard InChI is InChI=1S/C15H20/c1-2-15(12-8-9-13-15)14-10-6-4-3-5-7-11-14/h3-4,8-9,11-13H,2,5-7,10H2,1H3. The predicted molar refractivity (Wildman–Crippen MR) is 66.7 cm³/mol. The minimum absolute atomic E-state index is 0.255. The highest BCUT2D eigenvalue weighted by Crippen LogP contribution is 2.40. The molecule has 2 aliphatic carbocycles. The molecule has 0 nitrogen and oxygen atoms in total. The van der Waals surface area contributed by atoms with E-state index < -0.39 is 0 Å². The molecule has 0 aromatic carbocycles. The van der Waals surface area contributed by atoms with Gasteiger partial charge in [0.15, 0.2) is 0 Å². The smallest absolute Gasteiger partial charge is 0.0274 e. The van der Waals surface area contributed by atoms with Crippen molar-refractivity contribution in [3.8, 4) is 0 Å². The summed E-state index contributed by atoms with van der Waals surface area (Å²) in [6.45, 7) is 2.29. The zero-order valence-corrected chi connectivity index (χ0v) is 9.58. The SMILES string of the molecule is CCC1(C2=CCCC=CCC2)C=CC=C1. The van der Waals surface area contributed by atoms with Crippen LogP contribution in [-0.4, -0.2) is 0 Å². The summed E-state index contributed by atoms with van der Waals surface area (Å²) in [4.78, 5) is 0. The maximum atomic E-state index is 2.47. The topological polar surface area (TPSA) is 0 Å². The molecule has 0 aromatic rings. The van der Waals surface area contributed by atoms with Crippen LogP contribution in [0.1, 0.15) is 39.0 Å². The molecule has 0 unspecified atom stereocenters. The van der Waals surface area contributed by atoms with Gasteiger partial charge in [-0.15, -0.1) is 0 Å². The molecule has 0 fully saturated rings. The first-order chi connectivity index (χ1) is 7.37. The van der Waals surface area contributed by atoms with Crippen molar-refractivity contribution < 1.29 is 0 Å². The maximum absolute atomic E-state index is 2.47. The van der Waals surface area contributed by atoms with Gasteiger partial charge in [-0.1, -0.05) is 55.0 Å². The number of rotatable bonds is 2. The molecular weight excluding hydrogens is 180 g/mol. The van der Waals surface area contributed by atoms with Gasteiger partial charge in [0, 0.05) is 5.41 Å². The second kappa shape index (κ2) is 4.65. The quantitative estimate of drug-likeness (QED) is 0.573. The average molecular weight is 200 g/mol. The Morgan fingerprint density at radius 2 is 1.80 bits per heavy atom. The summed E-state index contributed by atoms with van der Waals surface area (Å²) in [6.07, 6.45) is 22.2. The Kier molecular flexibility index (Phi) is 3.25. The van der Waals surface area contributed by atoms with Crippen molar-refractivity contribution in [2.75, 3.05) is 0 Å². The van der Waals surface area contributed by atoms with E-state index >= 15 is 0 Å². The van der Waals surface area contributed by atoms with Crippen LogP contribution in [0.5, 0.6) is 0 Å². The molecule has 0 atom stereocenters. The second-order valence-electron chi connectivity index (χ2n) is 4.43. The third kappa shape index (κ3) is 2.14. The Bertz CT molecular complexity index is 314. The van der Waals surface area contributed by atoms with E-state index in [0.717, 1.165) is 0 Å². The third-order valence-corrected chi connectivity index (χ3v) is 3.55. The largest absolute Gasteiger partial charge is 0.0882 e. The van der Waals surface area contributed by atoms with Crippen LogP contribution in [0.15, 0.2) is 48.1 Å². The van der Waals surface area contributed by atoms with Crippen molar-refractivity contribution in [3.05, 3.63) is 48.1 Å². The van der Waals surface area contributed by atoms with Gasteiger partial charge >= 0.3 is 0 Å². The highest BCUT2D eigenvalue weighted by Gasteiger charge is 2.27. The summed E-state index contributed by atoms with van der Waals surface area (Å²) in [5.74, 6) is 0. The Hall–Kier alpha value is -1.04. The van der Waals surface area contributed by atoms with E-state index in [4.69, 9.17) is 0 Å². The molecule has 0 aromatic heterocycles. The van der Waals surface area contributed by atoms with Gasteiger partial charge in [0.05, 0.1) is 0 Å². The van der Waals surface area contributed by atoms with Gasteiger partial charge in [-0.25, -0.2) is 0 Å². The number of allylic oxidation sites excluding steroid dienone is 8. The molecule has 0 heterocycles. The first-order valence-corrected chi connectivity index (χ1v) is 6.09. The van der Waals surface area contributed by atoms with E-state index in [-0.39, 0.29) is 5.41 Å². The van der Waals surface area contributed by atoms with Gasteiger partial charge in [0.2, 0.25) is 0 Å². The van der Waals surface area contributed by atoms with Crippen molar-refractivity contribution in [2.45, 2.75) is 39.0 Å². The van der Waals surface area contributed by atoms with Crippen molar-refractivity contribution >= 4 is 0 Å². The van der Waals surface area contributed by atoms with Crippen LogP contribution in [0.2, 0.25) is 0 Å². The lowest BCUT2D eigenvalue weighted by molar-refractivity contribution is 0.541. The lowest BCUT2D eigenvalue weighted by atomic mass is 9.76. The molecule has 15 heavy (non-hydrogen) atoms. The zero-order valence-electron chi connectivity index (χ0n) is 9.58. The fraction of sp³-hybridized carbons (Fsp3) is 0.467. The fourth-order valence-electron chi connectivity index (χ4n) is 2.54. The van der Waals surface area contributed by atoms with Crippen LogP contribution in [0.4, 0.5) is 0 Å². The third-order valence-electron chi connectivity index (χ3n) is 3.55. The lowest BCUT2D eigenvalue weighted by Crippen LogP contribution is -2.15. The minimum Gasteiger partial charge on any atom is -0.0882 e. The highest BCUT2D eigenvalue weighted by atomic mass is 14.3. The van der Waals surface area contributed by atoms with Crippen LogP contribution in [-0.2, 0) is 0 Å². The summed E-state index contributed by atoms with van der Waals surface area (Å²) in [7, 11) is 0. The van der Waals surface area contributed by atoms with Gasteiger partial charge in [-0.05, 0) is 32.1 Å². The summed E-state index contributed by atoms with van der Waals surface area (Å²) >= 11 is 0. The van der Waals surface area contributed by atoms with E-state index in [1.807, 2.05) is 0 Å². The van der Waals surface area contributed by atoms with Crippen molar-refractivity contribution in [1.29, 1.82) is 0 Å². The van der Waals surface area contributed by atoms with Crippen molar-refractivity contribution in [1.82, 2.24) is 0 Å². The van der Waals surface area contributed by atoms with Crippen LogP contribution in [0.3, 0.4) is 0 Å². The molecule has 2 aliphatic rings. The second-order valence-corrected chi connectivity index (χ2v) is 4.43. The maximum Gasteiger partial charge on any atom is 0.0274 e. The van der Waals surface area contributed by atoms with Crippen LogP contribution >= 0.6 is 0 Å². The molecule has 0 bridgehead atoms. The van der Waals surface area contributed by atoms with E-state index in [9.17, 15) is 0 Å². The van der Waals surface area contributed by atoms with Crippen molar-refractivity contribution in [3.63, 3.8) is 0 Å². The normalized spacial score (nSPS) is 23.7. The van der Waals surface area contributed by atoms with Crippen LogP contribution in [0.25, 0.3) is 0 Å². The van der Waals surface area contributed by atoms with Gasteiger partial charge in [0.1, 0.15) is 0 Å². The molecule has 0 saturated carbocycles. The zero-order chi connectivity index (χ0) is 10.6. The summed E-state index contributed by atoms with van der Waals surface area (Å²) < 4.78 is 0. The molecule has 2 rings (SSSR count). The number of hydrogen-bond acceptors (Lipinski definition) is 0. The molecule has 0 heteroatoms. The fourth-order valence-corrected chi connectivity index (χ4v) is 2.54. The molecule has 0 N–H and O–H groups in total. The Morgan fingerprint density at radius 3 is 2.53 bits per heavy atom. The molecule has 0 radical (unpaired) electrons. The molecule has 0 saturated heterocycles. The lowest BCUT2D eigenvalue weighted by Gasteiger charge is -2.28. The van der Waals surface area contributed by atoms with Crippen LogP contribution in [0, 0.1) is 5.41 Å². The van der Waals surface area contributed by atoms with Crippen molar-refractivity contribution in [2.24, 2.45) is 5.41 Å². The Labute approximate surface area is 93.1 Å². The minimum atomic E-state index is 0.255. The van der Waals surface area contributed by atoms with Gasteiger partial charge < -0.3 is 0 Å². The first-order valence-electron chi connectivity index (χ1n) is 6.09.